The number of hydrogen-bond donors (Lipinski definition) is 1. The number of hydrogen-bond acceptors (Lipinski definition) is 3. The Kier molecular flexibility index (Phi) is 4.21. The fraction of sp³-hybridized carbons (Fsp3) is 1.00. The number of piperidine rings is 1. The minimum absolute atomic E-state index is 0.563. The predicted octanol–water partition coefficient (Wildman–Crippen LogP) is 2.74. The number of nitrogens with one attached hydrogen (secondary N) is 1. The molecule has 3 unspecified atom stereocenters. The summed E-state index contributed by atoms with van der Waals surface area (Å²) < 4.78 is 0.563. The van der Waals surface area contributed by atoms with Crippen LogP contribution in [0.15, 0.2) is 0 Å². The summed E-state index contributed by atoms with van der Waals surface area (Å²) in [5.74, 6) is 0.946. The van der Waals surface area contributed by atoms with Crippen LogP contribution in [0.4, 0.5) is 0 Å². The maximum absolute atomic E-state index is 3.96. The van der Waals surface area contributed by atoms with Crippen molar-refractivity contribution in [3.63, 3.8) is 0 Å². The van der Waals surface area contributed by atoms with Gasteiger partial charge >= 0.3 is 0 Å². The highest BCUT2D eigenvalue weighted by molar-refractivity contribution is 8.00. The van der Waals surface area contributed by atoms with Crippen molar-refractivity contribution in [2.45, 2.75) is 55.7 Å². The Labute approximate surface area is 116 Å². The normalized spacial score (nSPS) is 38.8. The van der Waals surface area contributed by atoms with Crippen molar-refractivity contribution in [1.82, 2.24) is 10.2 Å². The SMILES string of the molecule is CSC1(CNC2CCN3CCC2C3)CCCCC1. The third-order valence-corrected chi connectivity index (χ3v) is 6.94. The molecule has 3 fully saturated rings. The first kappa shape index (κ1) is 13.3. The lowest BCUT2D eigenvalue weighted by molar-refractivity contribution is 0.214. The summed E-state index contributed by atoms with van der Waals surface area (Å²) >= 11 is 2.13. The van der Waals surface area contributed by atoms with E-state index in [1.54, 1.807) is 0 Å². The van der Waals surface area contributed by atoms with Gasteiger partial charge in [-0.05, 0) is 50.9 Å². The summed E-state index contributed by atoms with van der Waals surface area (Å²) in [6.45, 7) is 5.32. The van der Waals surface area contributed by atoms with Gasteiger partial charge in [-0.15, -0.1) is 0 Å². The molecule has 18 heavy (non-hydrogen) atoms. The van der Waals surface area contributed by atoms with E-state index < -0.39 is 0 Å². The second-order valence-corrected chi connectivity index (χ2v) is 7.85. The zero-order valence-corrected chi connectivity index (χ0v) is 12.6. The van der Waals surface area contributed by atoms with Gasteiger partial charge in [-0.3, -0.25) is 0 Å². The van der Waals surface area contributed by atoms with Gasteiger partial charge in [-0.25, -0.2) is 0 Å². The van der Waals surface area contributed by atoms with Crippen molar-refractivity contribution in [1.29, 1.82) is 0 Å². The van der Waals surface area contributed by atoms with Crippen LogP contribution in [0.25, 0.3) is 0 Å². The highest BCUT2D eigenvalue weighted by atomic mass is 32.2. The van der Waals surface area contributed by atoms with Gasteiger partial charge in [0.05, 0.1) is 0 Å². The molecule has 2 nitrogen and oxygen atoms in total. The monoisotopic (exact) mass is 268 g/mol. The number of fused-ring (bicyclic) bond motifs is 2. The molecule has 2 bridgehead atoms. The number of thioether (sulfide) groups is 1. The molecule has 104 valence electrons. The van der Waals surface area contributed by atoms with Gasteiger partial charge in [0.25, 0.3) is 0 Å². The summed E-state index contributed by atoms with van der Waals surface area (Å²) in [4.78, 5) is 2.65. The Morgan fingerprint density at radius 1 is 1.17 bits per heavy atom. The topological polar surface area (TPSA) is 15.3 Å². The third kappa shape index (κ3) is 2.73. The van der Waals surface area contributed by atoms with Gasteiger partial charge < -0.3 is 10.2 Å². The summed E-state index contributed by atoms with van der Waals surface area (Å²) in [5.41, 5.74) is 0. The highest BCUT2D eigenvalue weighted by Crippen LogP contribution is 2.38. The molecule has 1 N–H and O–H groups in total. The maximum Gasteiger partial charge on any atom is 0.0281 e. The van der Waals surface area contributed by atoms with E-state index in [1.165, 1.54) is 71.1 Å². The van der Waals surface area contributed by atoms with Crippen molar-refractivity contribution < 1.29 is 0 Å². The largest absolute Gasteiger partial charge is 0.312 e. The molecule has 0 spiro atoms. The molecule has 3 rings (SSSR count). The predicted molar refractivity (Wildman–Crippen MR) is 80.3 cm³/mol. The van der Waals surface area contributed by atoms with Crippen molar-refractivity contribution in [3.8, 4) is 0 Å². The van der Waals surface area contributed by atoms with Crippen LogP contribution in [0.5, 0.6) is 0 Å². The van der Waals surface area contributed by atoms with E-state index in [-0.39, 0.29) is 0 Å². The Balaban J connectivity index is 1.53. The van der Waals surface area contributed by atoms with E-state index in [4.69, 9.17) is 0 Å². The lowest BCUT2D eigenvalue weighted by Gasteiger charge is -2.39. The van der Waals surface area contributed by atoms with Gasteiger partial charge in [0, 0.05) is 23.9 Å². The van der Waals surface area contributed by atoms with E-state index >= 15 is 0 Å². The quantitative estimate of drug-likeness (QED) is 0.844. The average molecular weight is 268 g/mol. The van der Waals surface area contributed by atoms with Gasteiger partial charge in [0.2, 0.25) is 0 Å². The van der Waals surface area contributed by atoms with E-state index in [0.29, 0.717) is 4.75 Å². The van der Waals surface area contributed by atoms with Crippen molar-refractivity contribution >= 4 is 11.8 Å². The molecule has 3 aliphatic rings. The Bertz CT molecular complexity index is 276. The molecule has 1 saturated carbocycles. The number of nitrogens with zero attached hydrogens (tertiary/aromatic N) is 1. The van der Waals surface area contributed by atoms with E-state index in [0.717, 1.165) is 12.0 Å². The van der Waals surface area contributed by atoms with Crippen LogP contribution in [0.2, 0.25) is 0 Å². The summed E-state index contributed by atoms with van der Waals surface area (Å²) in [5, 5.41) is 3.96. The second-order valence-electron chi connectivity index (χ2n) is 6.57. The van der Waals surface area contributed by atoms with Crippen LogP contribution in [0, 0.1) is 5.92 Å². The van der Waals surface area contributed by atoms with Gasteiger partial charge in [-0.1, -0.05) is 19.3 Å². The molecule has 3 atom stereocenters. The molecule has 2 aliphatic heterocycles. The lowest BCUT2D eigenvalue weighted by atomic mass is 9.87. The zero-order valence-electron chi connectivity index (χ0n) is 11.8. The summed E-state index contributed by atoms with van der Waals surface area (Å²) in [6.07, 6.45) is 12.4. The highest BCUT2D eigenvalue weighted by Gasteiger charge is 2.36. The van der Waals surface area contributed by atoms with Crippen LogP contribution in [0.3, 0.4) is 0 Å². The molecule has 2 saturated heterocycles. The van der Waals surface area contributed by atoms with Crippen LogP contribution in [-0.4, -0.2) is 48.1 Å². The Morgan fingerprint density at radius 2 is 1.94 bits per heavy atom. The fourth-order valence-electron chi connectivity index (χ4n) is 4.19. The first-order valence-electron chi connectivity index (χ1n) is 7.82. The van der Waals surface area contributed by atoms with E-state index in [1.807, 2.05) is 0 Å². The van der Waals surface area contributed by atoms with Crippen LogP contribution >= 0.6 is 11.8 Å². The molecule has 0 radical (unpaired) electrons. The minimum Gasteiger partial charge on any atom is -0.312 e. The summed E-state index contributed by atoms with van der Waals surface area (Å²) in [7, 11) is 0. The van der Waals surface area contributed by atoms with Crippen molar-refractivity contribution in [3.05, 3.63) is 0 Å². The molecular formula is C15H28N2S. The Morgan fingerprint density at radius 3 is 2.72 bits per heavy atom. The van der Waals surface area contributed by atoms with Crippen LogP contribution in [0.1, 0.15) is 44.9 Å². The molecule has 0 aromatic rings. The number of rotatable bonds is 4. The van der Waals surface area contributed by atoms with Crippen LogP contribution < -0.4 is 5.32 Å². The molecule has 0 amide bonds. The first-order valence-corrected chi connectivity index (χ1v) is 9.05. The molecule has 0 aromatic heterocycles. The smallest absolute Gasteiger partial charge is 0.0281 e. The maximum atomic E-state index is 3.96. The van der Waals surface area contributed by atoms with Crippen molar-refractivity contribution in [2.24, 2.45) is 5.92 Å². The fourth-order valence-corrected chi connectivity index (χ4v) is 5.11. The van der Waals surface area contributed by atoms with Gasteiger partial charge in [0.1, 0.15) is 0 Å². The third-order valence-electron chi connectivity index (χ3n) is 5.52. The second kappa shape index (κ2) is 5.72. The zero-order chi connectivity index (χ0) is 12.4. The van der Waals surface area contributed by atoms with Gasteiger partial charge in [-0.2, -0.15) is 11.8 Å². The Hall–Kier alpha value is 0.270. The van der Waals surface area contributed by atoms with E-state index in [9.17, 15) is 0 Å². The molecule has 0 aromatic carbocycles. The average Bonchev–Trinajstić information content (AvgIpc) is 2.81. The van der Waals surface area contributed by atoms with E-state index in [2.05, 4.69) is 28.2 Å². The van der Waals surface area contributed by atoms with Crippen molar-refractivity contribution in [2.75, 3.05) is 32.4 Å². The molecular weight excluding hydrogens is 240 g/mol. The standard InChI is InChI=1S/C15H28N2S/c1-18-15(7-3-2-4-8-15)12-16-14-6-10-17-9-5-13(14)11-17/h13-14,16H,2-12H2,1H3. The van der Waals surface area contributed by atoms with Crippen LogP contribution in [-0.2, 0) is 0 Å². The lowest BCUT2D eigenvalue weighted by Crippen LogP contribution is -2.49. The molecule has 3 heteroatoms. The molecule has 2 heterocycles. The first-order chi connectivity index (χ1) is 8.81. The molecule has 1 aliphatic carbocycles. The minimum atomic E-state index is 0.563. The van der Waals surface area contributed by atoms with Gasteiger partial charge in [0.15, 0.2) is 0 Å². The summed E-state index contributed by atoms with van der Waals surface area (Å²) in [6, 6.07) is 0.815.